The van der Waals surface area contributed by atoms with E-state index in [2.05, 4.69) is 19.2 Å². The summed E-state index contributed by atoms with van der Waals surface area (Å²) in [6, 6.07) is 3.35. The number of benzene rings is 1. The highest BCUT2D eigenvalue weighted by molar-refractivity contribution is 5.96. The summed E-state index contributed by atoms with van der Waals surface area (Å²) in [7, 11) is 0. The second kappa shape index (κ2) is 5.49. The van der Waals surface area contributed by atoms with Crippen LogP contribution in [0.4, 0.5) is 4.39 Å². The Bertz CT molecular complexity index is 377. The summed E-state index contributed by atoms with van der Waals surface area (Å²) in [4.78, 5) is 11.6. The van der Waals surface area contributed by atoms with Gasteiger partial charge in [0.05, 0.1) is 5.56 Å². The maximum Gasteiger partial charge on any atom is 0.255 e. The third-order valence-corrected chi connectivity index (χ3v) is 2.21. The first-order chi connectivity index (χ1) is 7.50. The molecule has 0 aliphatic rings. The van der Waals surface area contributed by atoms with Crippen molar-refractivity contribution in [1.29, 1.82) is 0 Å². The molecule has 3 nitrogen and oxygen atoms in total. The monoisotopic (exact) mass is 225 g/mol. The first kappa shape index (κ1) is 12.5. The minimum absolute atomic E-state index is 0.102. The van der Waals surface area contributed by atoms with E-state index >= 15 is 0 Å². The van der Waals surface area contributed by atoms with Gasteiger partial charge in [-0.05, 0) is 24.5 Å². The SMILES string of the molecule is CC(C)CCNC(=O)c1ccc(F)cc1O. The zero-order valence-electron chi connectivity index (χ0n) is 9.46. The molecule has 0 aliphatic carbocycles. The van der Waals surface area contributed by atoms with E-state index in [9.17, 15) is 14.3 Å². The van der Waals surface area contributed by atoms with Crippen LogP contribution in [0.15, 0.2) is 18.2 Å². The number of hydrogen-bond acceptors (Lipinski definition) is 2. The van der Waals surface area contributed by atoms with Gasteiger partial charge in [0, 0.05) is 12.6 Å². The van der Waals surface area contributed by atoms with Gasteiger partial charge in [-0.15, -0.1) is 0 Å². The van der Waals surface area contributed by atoms with Gasteiger partial charge in [0.1, 0.15) is 11.6 Å². The second-order valence-electron chi connectivity index (χ2n) is 4.10. The predicted octanol–water partition coefficient (Wildman–Crippen LogP) is 2.31. The summed E-state index contributed by atoms with van der Waals surface area (Å²) in [5.74, 6) is -0.765. The molecule has 0 saturated carbocycles. The molecule has 0 aromatic heterocycles. The van der Waals surface area contributed by atoms with Crippen LogP contribution in [0.5, 0.6) is 5.75 Å². The van der Waals surface area contributed by atoms with Crippen molar-refractivity contribution in [3.8, 4) is 5.75 Å². The van der Waals surface area contributed by atoms with Crippen molar-refractivity contribution in [2.45, 2.75) is 20.3 Å². The van der Waals surface area contributed by atoms with Crippen LogP contribution in [-0.4, -0.2) is 17.6 Å². The van der Waals surface area contributed by atoms with Crippen molar-refractivity contribution in [2.24, 2.45) is 5.92 Å². The Morgan fingerprint density at radius 2 is 2.19 bits per heavy atom. The second-order valence-corrected chi connectivity index (χ2v) is 4.10. The van der Waals surface area contributed by atoms with E-state index in [1.165, 1.54) is 6.07 Å². The number of nitrogens with one attached hydrogen (secondary N) is 1. The fourth-order valence-corrected chi connectivity index (χ4v) is 1.27. The predicted molar refractivity (Wildman–Crippen MR) is 59.9 cm³/mol. The van der Waals surface area contributed by atoms with Crippen molar-refractivity contribution in [3.05, 3.63) is 29.6 Å². The van der Waals surface area contributed by atoms with Crippen LogP contribution in [0.3, 0.4) is 0 Å². The number of phenols is 1. The molecule has 4 heteroatoms. The molecule has 16 heavy (non-hydrogen) atoms. The molecule has 2 N–H and O–H groups in total. The lowest BCUT2D eigenvalue weighted by atomic mass is 10.1. The standard InChI is InChI=1S/C12H16FNO2/c1-8(2)5-6-14-12(16)10-4-3-9(13)7-11(10)15/h3-4,7-8,15H,5-6H2,1-2H3,(H,14,16). The molecule has 0 aliphatic heterocycles. The Balaban J connectivity index is 2.59. The lowest BCUT2D eigenvalue weighted by Gasteiger charge is -2.08. The van der Waals surface area contributed by atoms with E-state index in [1.807, 2.05) is 0 Å². The molecule has 1 rings (SSSR count). The van der Waals surface area contributed by atoms with E-state index in [4.69, 9.17) is 0 Å². The van der Waals surface area contributed by atoms with Gasteiger partial charge in [-0.25, -0.2) is 4.39 Å². The normalized spacial score (nSPS) is 10.5. The minimum Gasteiger partial charge on any atom is -0.507 e. The largest absolute Gasteiger partial charge is 0.507 e. The average Bonchev–Trinajstić information content (AvgIpc) is 2.16. The van der Waals surface area contributed by atoms with Crippen molar-refractivity contribution < 1.29 is 14.3 Å². The van der Waals surface area contributed by atoms with Crippen LogP contribution >= 0.6 is 0 Å². The molecular formula is C12H16FNO2. The highest BCUT2D eigenvalue weighted by Crippen LogP contribution is 2.17. The zero-order chi connectivity index (χ0) is 12.1. The highest BCUT2D eigenvalue weighted by atomic mass is 19.1. The number of aromatic hydroxyl groups is 1. The molecule has 1 aromatic rings. The first-order valence-electron chi connectivity index (χ1n) is 5.27. The van der Waals surface area contributed by atoms with Crippen LogP contribution in [0, 0.1) is 11.7 Å². The van der Waals surface area contributed by atoms with E-state index < -0.39 is 5.82 Å². The van der Waals surface area contributed by atoms with Crippen LogP contribution in [0.25, 0.3) is 0 Å². The number of rotatable bonds is 4. The molecule has 0 heterocycles. The molecule has 0 unspecified atom stereocenters. The van der Waals surface area contributed by atoms with Gasteiger partial charge < -0.3 is 10.4 Å². The van der Waals surface area contributed by atoms with Gasteiger partial charge in [-0.3, -0.25) is 4.79 Å². The summed E-state index contributed by atoms with van der Waals surface area (Å²) in [6.07, 6.45) is 0.869. The number of amides is 1. The molecule has 1 amide bonds. The quantitative estimate of drug-likeness (QED) is 0.826. The Labute approximate surface area is 94.3 Å². The molecule has 88 valence electrons. The summed E-state index contributed by atoms with van der Waals surface area (Å²) in [5, 5.41) is 12.0. The topological polar surface area (TPSA) is 49.3 Å². The third kappa shape index (κ3) is 3.53. The fraction of sp³-hybridized carbons (Fsp3) is 0.417. The number of hydrogen-bond donors (Lipinski definition) is 2. The van der Waals surface area contributed by atoms with Crippen molar-refractivity contribution in [2.75, 3.05) is 6.54 Å². The van der Waals surface area contributed by atoms with Crippen LogP contribution in [-0.2, 0) is 0 Å². The van der Waals surface area contributed by atoms with Crippen LogP contribution in [0.2, 0.25) is 0 Å². The number of carbonyl (C=O) groups is 1. The Morgan fingerprint density at radius 1 is 1.50 bits per heavy atom. The molecule has 0 saturated heterocycles. The lowest BCUT2D eigenvalue weighted by Crippen LogP contribution is -2.25. The van der Waals surface area contributed by atoms with Gasteiger partial charge in [0.15, 0.2) is 0 Å². The highest BCUT2D eigenvalue weighted by Gasteiger charge is 2.11. The first-order valence-corrected chi connectivity index (χ1v) is 5.27. The van der Waals surface area contributed by atoms with E-state index in [1.54, 1.807) is 0 Å². The fourth-order valence-electron chi connectivity index (χ4n) is 1.27. The summed E-state index contributed by atoms with van der Waals surface area (Å²) in [6.45, 7) is 4.66. The summed E-state index contributed by atoms with van der Waals surface area (Å²) in [5.41, 5.74) is 0.102. The maximum atomic E-state index is 12.7. The van der Waals surface area contributed by atoms with E-state index in [0.717, 1.165) is 18.6 Å². The van der Waals surface area contributed by atoms with Crippen LogP contribution < -0.4 is 5.32 Å². The third-order valence-electron chi connectivity index (χ3n) is 2.21. The number of halogens is 1. The minimum atomic E-state index is -0.559. The number of carbonyl (C=O) groups excluding carboxylic acids is 1. The molecule has 0 radical (unpaired) electrons. The lowest BCUT2D eigenvalue weighted by molar-refractivity contribution is 0.0949. The van der Waals surface area contributed by atoms with Crippen LogP contribution in [0.1, 0.15) is 30.6 Å². The van der Waals surface area contributed by atoms with Crippen molar-refractivity contribution >= 4 is 5.91 Å². The summed E-state index contributed by atoms with van der Waals surface area (Å²) < 4.78 is 12.7. The van der Waals surface area contributed by atoms with Crippen molar-refractivity contribution in [1.82, 2.24) is 5.32 Å². The van der Waals surface area contributed by atoms with E-state index in [-0.39, 0.29) is 17.2 Å². The molecule has 0 spiro atoms. The van der Waals surface area contributed by atoms with E-state index in [0.29, 0.717) is 12.5 Å². The molecule has 0 fully saturated rings. The Hall–Kier alpha value is -1.58. The smallest absolute Gasteiger partial charge is 0.255 e. The zero-order valence-corrected chi connectivity index (χ0v) is 9.46. The van der Waals surface area contributed by atoms with Crippen molar-refractivity contribution in [3.63, 3.8) is 0 Å². The Kier molecular flexibility index (Phi) is 4.28. The molecule has 0 atom stereocenters. The molecule has 0 bridgehead atoms. The molecular weight excluding hydrogens is 209 g/mol. The van der Waals surface area contributed by atoms with Gasteiger partial charge in [-0.2, -0.15) is 0 Å². The number of phenolic OH excluding ortho intramolecular Hbond substituents is 1. The van der Waals surface area contributed by atoms with Gasteiger partial charge in [0.2, 0.25) is 0 Å². The van der Waals surface area contributed by atoms with Gasteiger partial charge in [0.25, 0.3) is 5.91 Å². The summed E-state index contributed by atoms with van der Waals surface area (Å²) >= 11 is 0. The van der Waals surface area contributed by atoms with Gasteiger partial charge >= 0.3 is 0 Å². The van der Waals surface area contributed by atoms with Gasteiger partial charge in [-0.1, -0.05) is 13.8 Å². The Morgan fingerprint density at radius 3 is 2.75 bits per heavy atom. The maximum absolute atomic E-state index is 12.7. The average molecular weight is 225 g/mol. The molecule has 1 aromatic carbocycles.